The molecule has 2 rings (SSSR count). The van der Waals surface area contributed by atoms with Gasteiger partial charge >= 0.3 is 5.97 Å². The lowest BCUT2D eigenvalue weighted by Crippen LogP contribution is -2.36. The number of amides is 1. The molecule has 1 aromatic carbocycles. The number of rotatable bonds is 4. The van der Waals surface area contributed by atoms with Crippen molar-refractivity contribution in [2.24, 2.45) is 5.73 Å². The smallest absolute Gasteiger partial charge is 0.322 e. The van der Waals surface area contributed by atoms with Crippen molar-refractivity contribution in [2.75, 3.05) is 20.2 Å². The van der Waals surface area contributed by atoms with Gasteiger partial charge in [0.05, 0.1) is 7.11 Å². The highest BCUT2D eigenvalue weighted by Gasteiger charge is 2.20. The molecule has 1 atom stereocenters. The van der Waals surface area contributed by atoms with E-state index >= 15 is 0 Å². The SMILES string of the molecule is COC(=O)[C@@H](N)CCC(=O)N1CCc2ccccc2CC1.Cl. The quantitative estimate of drug-likeness (QED) is 0.847. The largest absolute Gasteiger partial charge is 0.468 e. The number of nitrogens with zero attached hydrogens (tertiary/aromatic N) is 1. The van der Waals surface area contributed by atoms with Crippen LogP contribution in [0.2, 0.25) is 0 Å². The zero-order valence-corrected chi connectivity index (χ0v) is 13.6. The van der Waals surface area contributed by atoms with E-state index in [9.17, 15) is 9.59 Å². The normalized spacial score (nSPS) is 15.1. The highest BCUT2D eigenvalue weighted by molar-refractivity contribution is 5.85. The highest BCUT2D eigenvalue weighted by atomic mass is 35.5. The number of nitrogens with two attached hydrogens (primary N) is 1. The van der Waals surface area contributed by atoms with Crippen LogP contribution < -0.4 is 5.73 Å². The molecule has 1 amide bonds. The second kappa shape index (κ2) is 8.76. The van der Waals surface area contributed by atoms with Crippen LogP contribution in [0.5, 0.6) is 0 Å². The number of fused-ring (bicyclic) bond motifs is 1. The average molecular weight is 327 g/mol. The van der Waals surface area contributed by atoms with E-state index in [4.69, 9.17) is 5.73 Å². The average Bonchev–Trinajstić information content (AvgIpc) is 2.74. The van der Waals surface area contributed by atoms with Gasteiger partial charge in [-0.3, -0.25) is 9.59 Å². The van der Waals surface area contributed by atoms with Crippen LogP contribution >= 0.6 is 12.4 Å². The fourth-order valence-electron chi connectivity index (χ4n) is 2.62. The van der Waals surface area contributed by atoms with Gasteiger partial charge in [0.1, 0.15) is 6.04 Å². The molecule has 0 spiro atoms. The number of halogens is 1. The summed E-state index contributed by atoms with van der Waals surface area (Å²) in [4.78, 5) is 25.3. The van der Waals surface area contributed by atoms with Crippen molar-refractivity contribution >= 4 is 24.3 Å². The fourth-order valence-corrected chi connectivity index (χ4v) is 2.62. The molecule has 0 aliphatic carbocycles. The molecule has 0 unspecified atom stereocenters. The Bertz CT molecular complexity index is 495. The molecule has 1 aliphatic heterocycles. The van der Waals surface area contributed by atoms with Gasteiger partial charge in [-0.1, -0.05) is 24.3 Å². The summed E-state index contributed by atoms with van der Waals surface area (Å²) in [6.45, 7) is 1.45. The van der Waals surface area contributed by atoms with Gasteiger partial charge in [-0.25, -0.2) is 0 Å². The Morgan fingerprint density at radius 3 is 2.27 bits per heavy atom. The molecular formula is C16H23ClN2O3. The Kier molecular flexibility index (Phi) is 7.35. The zero-order valence-electron chi connectivity index (χ0n) is 12.8. The van der Waals surface area contributed by atoms with Crippen molar-refractivity contribution in [3.05, 3.63) is 35.4 Å². The van der Waals surface area contributed by atoms with Crippen LogP contribution in [0.3, 0.4) is 0 Å². The van der Waals surface area contributed by atoms with Crippen LogP contribution in [0.15, 0.2) is 24.3 Å². The van der Waals surface area contributed by atoms with E-state index in [-0.39, 0.29) is 24.7 Å². The Hall–Kier alpha value is -1.59. The summed E-state index contributed by atoms with van der Waals surface area (Å²) >= 11 is 0. The molecule has 2 N–H and O–H groups in total. The number of carbonyl (C=O) groups excluding carboxylic acids is 2. The predicted octanol–water partition coefficient (Wildman–Crippen LogP) is 1.32. The van der Waals surface area contributed by atoms with Gasteiger partial charge in [0.2, 0.25) is 5.91 Å². The maximum absolute atomic E-state index is 12.2. The topological polar surface area (TPSA) is 72.6 Å². The van der Waals surface area contributed by atoms with Crippen molar-refractivity contribution in [1.29, 1.82) is 0 Å². The van der Waals surface area contributed by atoms with Crippen LogP contribution in [-0.2, 0) is 27.2 Å². The van der Waals surface area contributed by atoms with Crippen molar-refractivity contribution in [3.63, 3.8) is 0 Å². The molecule has 0 aromatic heterocycles. The molecule has 0 bridgehead atoms. The summed E-state index contributed by atoms with van der Waals surface area (Å²) in [7, 11) is 1.30. The molecule has 0 fully saturated rings. The summed E-state index contributed by atoms with van der Waals surface area (Å²) in [5.41, 5.74) is 8.30. The van der Waals surface area contributed by atoms with E-state index in [1.807, 2.05) is 17.0 Å². The van der Waals surface area contributed by atoms with Crippen molar-refractivity contribution < 1.29 is 14.3 Å². The van der Waals surface area contributed by atoms with Gasteiger partial charge in [-0.15, -0.1) is 12.4 Å². The minimum Gasteiger partial charge on any atom is -0.468 e. The number of hydrogen-bond acceptors (Lipinski definition) is 4. The summed E-state index contributed by atoms with van der Waals surface area (Å²) in [5, 5.41) is 0. The Labute approximate surface area is 137 Å². The second-order valence-electron chi connectivity index (χ2n) is 5.32. The third-order valence-corrected chi connectivity index (χ3v) is 3.95. The van der Waals surface area contributed by atoms with E-state index in [0.717, 1.165) is 25.9 Å². The zero-order chi connectivity index (χ0) is 15.2. The minimum absolute atomic E-state index is 0. The Balaban J connectivity index is 0.00000242. The summed E-state index contributed by atoms with van der Waals surface area (Å²) < 4.78 is 4.56. The lowest BCUT2D eigenvalue weighted by Gasteiger charge is -2.20. The second-order valence-corrected chi connectivity index (χ2v) is 5.32. The van der Waals surface area contributed by atoms with Gasteiger partial charge < -0.3 is 15.4 Å². The van der Waals surface area contributed by atoms with Gasteiger partial charge in [0.15, 0.2) is 0 Å². The minimum atomic E-state index is -0.719. The number of methoxy groups -OCH3 is 1. The van der Waals surface area contributed by atoms with Crippen molar-refractivity contribution in [1.82, 2.24) is 4.90 Å². The van der Waals surface area contributed by atoms with Crippen molar-refractivity contribution in [3.8, 4) is 0 Å². The first-order valence-corrected chi connectivity index (χ1v) is 7.29. The summed E-state index contributed by atoms with van der Waals surface area (Å²) in [6.07, 6.45) is 2.37. The first kappa shape index (κ1) is 18.5. The van der Waals surface area contributed by atoms with E-state index < -0.39 is 12.0 Å². The first-order valence-electron chi connectivity index (χ1n) is 7.29. The lowest BCUT2D eigenvalue weighted by atomic mass is 10.0. The predicted molar refractivity (Wildman–Crippen MR) is 86.9 cm³/mol. The van der Waals surface area contributed by atoms with Crippen LogP contribution in [0.4, 0.5) is 0 Å². The first-order chi connectivity index (χ1) is 10.1. The monoisotopic (exact) mass is 326 g/mol. The van der Waals surface area contributed by atoms with Gasteiger partial charge in [0.25, 0.3) is 0 Å². The summed E-state index contributed by atoms with van der Waals surface area (Å²) in [6, 6.07) is 7.59. The van der Waals surface area contributed by atoms with Gasteiger partial charge in [-0.05, 0) is 30.4 Å². The molecule has 5 nitrogen and oxygen atoms in total. The molecular weight excluding hydrogens is 304 g/mol. The molecule has 0 saturated heterocycles. The fraction of sp³-hybridized carbons (Fsp3) is 0.500. The van der Waals surface area contributed by atoms with Gasteiger partial charge in [-0.2, -0.15) is 0 Å². The van der Waals surface area contributed by atoms with Crippen LogP contribution in [0.25, 0.3) is 0 Å². The molecule has 6 heteroatoms. The van der Waals surface area contributed by atoms with E-state index in [0.29, 0.717) is 6.42 Å². The molecule has 122 valence electrons. The van der Waals surface area contributed by atoms with E-state index in [1.54, 1.807) is 0 Å². The molecule has 1 aromatic rings. The highest BCUT2D eigenvalue weighted by Crippen LogP contribution is 2.16. The maximum atomic E-state index is 12.2. The third kappa shape index (κ3) is 4.71. The number of esters is 1. The van der Waals surface area contributed by atoms with E-state index in [2.05, 4.69) is 16.9 Å². The number of benzene rings is 1. The molecule has 22 heavy (non-hydrogen) atoms. The number of ether oxygens (including phenoxy) is 1. The third-order valence-electron chi connectivity index (χ3n) is 3.95. The standard InChI is InChI=1S/C16H22N2O3.ClH/c1-21-16(20)14(17)6-7-15(19)18-10-8-12-4-2-3-5-13(12)9-11-18;/h2-5,14H,6-11,17H2,1H3;1H/t14-;/m0./s1. The molecule has 1 aliphatic rings. The van der Waals surface area contributed by atoms with Crippen LogP contribution in [0.1, 0.15) is 24.0 Å². The Morgan fingerprint density at radius 2 is 1.77 bits per heavy atom. The lowest BCUT2D eigenvalue weighted by molar-refractivity contribution is -0.142. The van der Waals surface area contributed by atoms with E-state index in [1.165, 1.54) is 18.2 Å². The molecule has 0 saturated carbocycles. The van der Waals surface area contributed by atoms with Crippen LogP contribution in [0, 0.1) is 0 Å². The van der Waals surface area contributed by atoms with Crippen molar-refractivity contribution in [2.45, 2.75) is 31.7 Å². The number of hydrogen-bond donors (Lipinski definition) is 1. The molecule has 0 radical (unpaired) electrons. The number of carbonyl (C=O) groups is 2. The van der Waals surface area contributed by atoms with Gasteiger partial charge in [0, 0.05) is 19.5 Å². The van der Waals surface area contributed by atoms with Crippen LogP contribution in [-0.4, -0.2) is 43.0 Å². The Morgan fingerprint density at radius 1 is 1.23 bits per heavy atom. The molecule has 1 heterocycles. The maximum Gasteiger partial charge on any atom is 0.322 e. The summed E-state index contributed by atoms with van der Waals surface area (Å²) in [5.74, 6) is -0.409.